The molecule has 4 rings (SSSR count). The lowest BCUT2D eigenvalue weighted by Crippen LogP contribution is -2.30. The molecule has 0 spiro atoms. The second-order valence-electron chi connectivity index (χ2n) is 7.07. The van der Waals surface area contributed by atoms with Gasteiger partial charge in [-0.15, -0.1) is 11.3 Å². The molecule has 0 aliphatic heterocycles. The van der Waals surface area contributed by atoms with Crippen LogP contribution < -0.4 is 9.46 Å². The zero-order chi connectivity index (χ0) is 22.6. The fourth-order valence-electron chi connectivity index (χ4n) is 2.93. The van der Waals surface area contributed by atoms with Crippen LogP contribution in [0, 0.1) is 6.92 Å². The monoisotopic (exact) mass is 464 g/mol. The summed E-state index contributed by atoms with van der Waals surface area (Å²) in [6, 6.07) is 22.5. The highest BCUT2D eigenvalue weighted by atomic mass is 32.2. The van der Waals surface area contributed by atoms with E-state index >= 15 is 0 Å². The van der Waals surface area contributed by atoms with Gasteiger partial charge in [-0.25, -0.2) is 18.1 Å². The molecule has 1 aromatic heterocycles. The fraction of sp³-hybridized carbons (Fsp3) is 0.0833. The Hall–Kier alpha value is -3.49. The summed E-state index contributed by atoms with van der Waals surface area (Å²) in [6.07, 6.45) is 0. The second kappa shape index (κ2) is 9.33. The lowest BCUT2D eigenvalue weighted by molar-refractivity contribution is 0.0981. The van der Waals surface area contributed by atoms with Crippen LogP contribution in [0.4, 0.5) is 0 Å². The Morgan fingerprint density at radius 3 is 2.50 bits per heavy atom. The van der Waals surface area contributed by atoms with Crippen molar-refractivity contribution in [2.75, 3.05) is 0 Å². The van der Waals surface area contributed by atoms with Gasteiger partial charge in [0.15, 0.2) is 0 Å². The zero-order valence-electron chi connectivity index (χ0n) is 17.2. The molecule has 0 fully saturated rings. The van der Waals surface area contributed by atoms with Crippen molar-refractivity contribution in [3.63, 3.8) is 0 Å². The van der Waals surface area contributed by atoms with Gasteiger partial charge in [-0.05, 0) is 37.3 Å². The maximum atomic E-state index is 12.5. The van der Waals surface area contributed by atoms with E-state index in [1.54, 1.807) is 24.3 Å². The Balaban J connectivity index is 1.42. The molecule has 3 aromatic carbocycles. The molecule has 32 heavy (non-hydrogen) atoms. The van der Waals surface area contributed by atoms with Gasteiger partial charge in [-0.1, -0.05) is 54.1 Å². The quantitative estimate of drug-likeness (QED) is 0.424. The van der Waals surface area contributed by atoms with Crippen LogP contribution in [0.3, 0.4) is 0 Å². The molecule has 0 saturated carbocycles. The van der Waals surface area contributed by atoms with Crippen LogP contribution in [0.5, 0.6) is 5.75 Å². The third-order valence-electron chi connectivity index (χ3n) is 4.61. The highest BCUT2D eigenvalue weighted by Crippen LogP contribution is 2.24. The number of aromatic nitrogens is 1. The Morgan fingerprint density at radius 1 is 1.00 bits per heavy atom. The normalized spacial score (nSPS) is 11.2. The van der Waals surface area contributed by atoms with Gasteiger partial charge in [-0.3, -0.25) is 4.79 Å². The van der Waals surface area contributed by atoms with E-state index in [9.17, 15) is 13.2 Å². The largest absolute Gasteiger partial charge is 0.487 e. The summed E-state index contributed by atoms with van der Waals surface area (Å²) in [5.41, 5.74) is 2.92. The molecule has 162 valence electrons. The van der Waals surface area contributed by atoms with Crippen molar-refractivity contribution in [1.82, 2.24) is 9.71 Å². The van der Waals surface area contributed by atoms with Gasteiger partial charge in [0.1, 0.15) is 17.4 Å². The molecule has 0 aliphatic carbocycles. The summed E-state index contributed by atoms with van der Waals surface area (Å²) in [4.78, 5) is 17.1. The summed E-state index contributed by atoms with van der Waals surface area (Å²) in [7, 11) is -3.97. The average Bonchev–Trinajstić information content (AvgIpc) is 3.28. The van der Waals surface area contributed by atoms with E-state index in [-0.39, 0.29) is 17.1 Å². The highest BCUT2D eigenvalue weighted by molar-refractivity contribution is 7.90. The van der Waals surface area contributed by atoms with Gasteiger partial charge >= 0.3 is 0 Å². The molecule has 0 bridgehead atoms. The van der Waals surface area contributed by atoms with Crippen molar-refractivity contribution in [1.29, 1.82) is 0 Å². The van der Waals surface area contributed by atoms with Crippen LogP contribution >= 0.6 is 11.3 Å². The molecule has 0 aliphatic rings. The molecule has 8 heteroatoms. The summed E-state index contributed by atoms with van der Waals surface area (Å²) in [5, 5.41) is 2.83. The van der Waals surface area contributed by atoms with E-state index in [1.807, 2.05) is 42.6 Å². The van der Waals surface area contributed by atoms with Crippen LogP contribution in [0.25, 0.3) is 10.6 Å². The smallest absolute Gasteiger partial charge is 0.265 e. The van der Waals surface area contributed by atoms with Crippen molar-refractivity contribution in [2.45, 2.75) is 18.4 Å². The van der Waals surface area contributed by atoms with Crippen LogP contribution in [0.2, 0.25) is 0 Å². The first kappa shape index (κ1) is 21.7. The van der Waals surface area contributed by atoms with Gasteiger partial charge in [0.25, 0.3) is 15.9 Å². The molecular weight excluding hydrogens is 444 g/mol. The first-order valence-corrected chi connectivity index (χ1v) is 12.1. The first-order valence-electron chi connectivity index (χ1n) is 9.77. The summed E-state index contributed by atoms with van der Waals surface area (Å²) in [6.45, 7) is 2.09. The number of hydrogen-bond donors (Lipinski definition) is 1. The maximum absolute atomic E-state index is 12.5. The number of amides is 1. The highest BCUT2D eigenvalue weighted by Gasteiger charge is 2.19. The molecule has 0 saturated heterocycles. The van der Waals surface area contributed by atoms with E-state index in [2.05, 4.69) is 9.71 Å². The number of nitrogens with zero attached hydrogens (tertiary/aromatic N) is 1. The zero-order valence-corrected chi connectivity index (χ0v) is 18.8. The molecule has 1 amide bonds. The molecule has 0 radical (unpaired) electrons. The van der Waals surface area contributed by atoms with Crippen molar-refractivity contribution in [3.05, 3.63) is 101 Å². The van der Waals surface area contributed by atoms with Crippen molar-refractivity contribution < 1.29 is 17.9 Å². The number of ether oxygens (including phenoxy) is 1. The summed E-state index contributed by atoms with van der Waals surface area (Å²) in [5.74, 6) is -0.282. The third kappa shape index (κ3) is 5.22. The number of rotatable bonds is 7. The van der Waals surface area contributed by atoms with Crippen LogP contribution in [-0.2, 0) is 16.6 Å². The molecule has 0 atom stereocenters. The number of benzene rings is 3. The SMILES string of the molecule is Cc1ccc(S(=O)(=O)NC(=O)c2cccc(OCc3csc(-c4ccccc4)n3)c2)cc1. The number of aryl methyl sites for hydroxylation is 1. The van der Waals surface area contributed by atoms with Gasteiger partial charge in [0.05, 0.1) is 10.6 Å². The number of hydrogen-bond acceptors (Lipinski definition) is 6. The number of nitrogens with one attached hydrogen (secondary N) is 1. The Morgan fingerprint density at radius 2 is 1.75 bits per heavy atom. The number of carbonyl (C=O) groups excluding carboxylic acids is 1. The van der Waals surface area contributed by atoms with Crippen molar-refractivity contribution in [3.8, 4) is 16.3 Å². The molecule has 1 N–H and O–H groups in total. The summed E-state index contributed by atoms with van der Waals surface area (Å²) >= 11 is 1.53. The molecule has 1 heterocycles. The van der Waals surface area contributed by atoms with Crippen LogP contribution in [0.1, 0.15) is 21.6 Å². The Bertz CT molecular complexity index is 1330. The topological polar surface area (TPSA) is 85.4 Å². The molecule has 6 nitrogen and oxygen atoms in total. The lowest BCUT2D eigenvalue weighted by Gasteiger charge is -2.09. The predicted octanol–water partition coefficient (Wildman–Crippen LogP) is 4.82. The van der Waals surface area contributed by atoms with Gasteiger partial charge in [-0.2, -0.15) is 0 Å². The minimum atomic E-state index is -3.97. The molecular formula is C24H20N2O4S2. The minimum Gasteiger partial charge on any atom is -0.487 e. The Labute approximate surface area is 190 Å². The van der Waals surface area contributed by atoms with E-state index in [4.69, 9.17) is 4.74 Å². The number of thiazole rings is 1. The predicted molar refractivity (Wildman–Crippen MR) is 124 cm³/mol. The fourth-order valence-corrected chi connectivity index (χ4v) is 4.71. The maximum Gasteiger partial charge on any atom is 0.265 e. The van der Waals surface area contributed by atoms with E-state index in [0.29, 0.717) is 5.75 Å². The molecule has 4 aromatic rings. The molecule has 0 unspecified atom stereocenters. The minimum absolute atomic E-state index is 0.0293. The van der Waals surface area contributed by atoms with Gasteiger partial charge in [0.2, 0.25) is 0 Å². The lowest BCUT2D eigenvalue weighted by atomic mass is 10.2. The van der Waals surface area contributed by atoms with E-state index < -0.39 is 15.9 Å². The standard InChI is InChI=1S/C24H20N2O4S2/c1-17-10-12-22(13-11-17)32(28,29)26-23(27)19-8-5-9-21(14-19)30-15-20-16-31-24(25-20)18-6-3-2-4-7-18/h2-14,16H,15H2,1H3,(H,26,27). The van der Waals surface area contributed by atoms with Crippen LogP contribution in [0.15, 0.2) is 89.1 Å². The van der Waals surface area contributed by atoms with Crippen molar-refractivity contribution >= 4 is 27.3 Å². The average molecular weight is 465 g/mol. The number of sulfonamides is 1. The first-order chi connectivity index (χ1) is 15.4. The van der Waals surface area contributed by atoms with Crippen molar-refractivity contribution in [2.24, 2.45) is 0 Å². The second-order valence-corrected chi connectivity index (χ2v) is 9.61. The van der Waals surface area contributed by atoms with E-state index in [1.165, 1.54) is 35.6 Å². The summed E-state index contributed by atoms with van der Waals surface area (Å²) < 4.78 is 32.8. The Kier molecular flexibility index (Phi) is 6.34. The third-order valence-corrected chi connectivity index (χ3v) is 6.90. The van der Waals surface area contributed by atoms with Crippen LogP contribution in [-0.4, -0.2) is 19.3 Å². The van der Waals surface area contributed by atoms with Gasteiger partial charge in [0, 0.05) is 16.5 Å². The number of carbonyl (C=O) groups is 1. The van der Waals surface area contributed by atoms with Gasteiger partial charge < -0.3 is 4.74 Å². The van der Waals surface area contributed by atoms with E-state index in [0.717, 1.165) is 21.8 Å².